The van der Waals surface area contributed by atoms with Gasteiger partial charge in [-0.05, 0) is 30.3 Å². The van der Waals surface area contributed by atoms with Crippen molar-refractivity contribution in [1.82, 2.24) is 4.57 Å². The fourth-order valence-corrected chi connectivity index (χ4v) is 2.94. The second-order valence-electron chi connectivity index (χ2n) is 5.15. The van der Waals surface area contributed by atoms with Crippen molar-refractivity contribution in [3.8, 4) is 5.69 Å². The zero-order chi connectivity index (χ0) is 14.4. The minimum atomic E-state index is 0.613. The van der Waals surface area contributed by atoms with Gasteiger partial charge in [-0.3, -0.25) is 0 Å². The van der Waals surface area contributed by atoms with Crippen molar-refractivity contribution < 1.29 is 0 Å². The minimum Gasteiger partial charge on any atom is -0.397 e. The molecular formula is C18H15N3. The molecule has 0 atom stereocenters. The first kappa shape index (κ1) is 11.9. The molecule has 0 spiro atoms. The van der Waals surface area contributed by atoms with E-state index in [0.717, 1.165) is 22.1 Å². The van der Waals surface area contributed by atoms with E-state index in [1.165, 1.54) is 5.39 Å². The monoisotopic (exact) mass is 273 g/mol. The molecule has 102 valence electrons. The third-order valence-electron chi connectivity index (χ3n) is 3.92. The molecule has 0 saturated carbocycles. The van der Waals surface area contributed by atoms with Crippen molar-refractivity contribution >= 4 is 33.2 Å². The van der Waals surface area contributed by atoms with Crippen LogP contribution in [0.3, 0.4) is 0 Å². The van der Waals surface area contributed by atoms with Gasteiger partial charge in [0, 0.05) is 16.5 Å². The highest BCUT2D eigenvalue weighted by molar-refractivity contribution is 6.14. The molecule has 4 aromatic rings. The highest BCUT2D eigenvalue weighted by Gasteiger charge is 2.15. The Labute approximate surface area is 122 Å². The summed E-state index contributed by atoms with van der Waals surface area (Å²) in [4.78, 5) is 0. The molecule has 4 N–H and O–H groups in total. The van der Waals surface area contributed by atoms with Crippen LogP contribution in [-0.4, -0.2) is 4.57 Å². The molecule has 1 aromatic heterocycles. The molecule has 0 bridgehead atoms. The number of anilines is 2. The first-order valence-corrected chi connectivity index (χ1v) is 6.90. The molecule has 1 heterocycles. The number of hydrogen-bond acceptors (Lipinski definition) is 2. The van der Waals surface area contributed by atoms with Gasteiger partial charge in [0.05, 0.1) is 22.4 Å². The van der Waals surface area contributed by atoms with Crippen molar-refractivity contribution in [2.75, 3.05) is 11.5 Å². The maximum absolute atomic E-state index is 6.27. The summed E-state index contributed by atoms with van der Waals surface area (Å²) in [6.07, 6.45) is 0. The smallest absolute Gasteiger partial charge is 0.0799 e. The first-order chi connectivity index (χ1) is 10.3. The van der Waals surface area contributed by atoms with Gasteiger partial charge in [0.25, 0.3) is 0 Å². The van der Waals surface area contributed by atoms with E-state index in [1.807, 2.05) is 42.5 Å². The maximum Gasteiger partial charge on any atom is 0.0799 e. The Hall–Kier alpha value is -2.94. The standard InChI is InChI=1S/C18H15N3/c19-15-11-10-14-13-8-4-5-9-16(13)21(18(14)17(15)20)12-6-2-1-3-7-12/h1-11H,19-20H2. The first-order valence-electron chi connectivity index (χ1n) is 6.90. The zero-order valence-corrected chi connectivity index (χ0v) is 11.5. The van der Waals surface area contributed by atoms with Crippen LogP contribution in [-0.2, 0) is 0 Å². The molecule has 0 radical (unpaired) electrons. The summed E-state index contributed by atoms with van der Waals surface area (Å²) in [5.74, 6) is 0. The predicted molar refractivity (Wildman–Crippen MR) is 89.6 cm³/mol. The average molecular weight is 273 g/mol. The molecule has 3 nitrogen and oxygen atoms in total. The van der Waals surface area contributed by atoms with Gasteiger partial charge in [-0.1, -0.05) is 36.4 Å². The molecule has 0 aliphatic heterocycles. The normalized spacial score (nSPS) is 11.2. The van der Waals surface area contributed by atoms with E-state index in [0.29, 0.717) is 11.4 Å². The Morgan fingerprint density at radius 3 is 2.19 bits per heavy atom. The van der Waals surface area contributed by atoms with Gasteiger partial charge in [0.2, 0.25) is 0 Å². The molecule has 4 rings (SSSR count). The van der Waals surface area contributed by atoms with Crippen LogP contribution in [0.5, 0.6) is 0 Å². The summed E-state index contributed by atoms with van der Waals surface area (Å²) < 4.78 is 2.18. The second-order valence-corrected chi connectivity index (χ2v) is 5.15. The summed E-state index contributed by atoms with van der Waals surface area (Å²) in [5.41, 5.74) is 16.7. The van der Waals surface area contributed by atoms with Gasteiger partial charge in [0.1, 0.15) is 0 Å². The van der Waals surface area contributed by atoms with Gasteiger partial charge in [-0.2, -0.15) is 0 Å². The number of nitrogens with zero attached hydrogens (tertiary/aromatic N) is 1. The van der Waals surface area contributed by atoms with Crippen LogP contribution >= 0.6 is 0 Å². The van der Waals surface area contributed by atoms with Crippen molar-refractivity contribution in [2.45, 2.75) is 0 Å². The van der Waals surface area contributed by atoms with Crippen LogP contribution < -0.4 is 11.5 Å². The number of benzene rings is 3. The lowest BCUT2D eigenvalue weighted by Gasteiger charge is -2.10. The zero-order valence-electron chi connectivity index (χ0n) is 11.5. The Bertz CT molecular complexity index is 952. The topological polar surface area (TPSA) is 57.0 Å². The summed E-state index contributed by atoms with van der Waals surface area (Å²) in [5, 5.41) is 2.31. The molecular weight excluding hydrogens is 258 g/mol. The number of fused-ring (bicyclic) bond motifs is 3. The number of hydrogen-bond donors (Lipinski definition) is 2. The van der Waals surface area contributed by atoms with Crippen LogP contribution in [0.4, 0.5) is 11.4 Å². The summed E-state index contributed by atoms with van der Waals surface area (Å²) in [6.45, 7) is 0. The van der Waals surface area contributed by atoms with Crippen LogP contribution in [0.2, 0.25) is 0 Å². The predicted octanol–water partition coefficient (Wildman–Crippen LogP) is 3.95. The highest BCUT2D eigenvalue weighted by Crippen LogP contribution is 2.37. The number of rotatable bonds is 1. The Balaban J connectivity index is 2.28. The lowest BCUT2D eigenvalue weighted by atomic mass is 10.1. The third kappa shape index (κ3) is 1.61. The van der Waals surface area contributed by atoms with E-state index in [9.17, 15) is 0 Å². The second kappa shape index (κ2) is 4.28. The average Bonchev–Trinajstić information content (AvgIpc) is 2.87. The molecule has 3 aromatic carbocycles. The summed E-state index contributed by atoms with van der Waals surface area (Å²) in [7, 11) is 0. The van der Waals surface area contributed by atoms with E-state index in [2.05, 4.69) is 28.8 Å². The molecule has 0 fully saturated rings. The van der Waals surface area contributed by atoms with E-state index in [1.54, 1.807) is 0 Å². The largest absolute Gasteiger partial charge is 0.397 e. The summed E-state index contributed by atoms with van der Waals surface area (Å²) in [6, 6.07) is 22.5. The number of nitrogen functional groups attached to an aromatic ring is 2. The number of para-hydroxylation sites is 2. The molecule has 3 heteroatoms. The molecule has 0 aliphatic rings. The number of aromatic nitrogens is 1. The molecule has 0 amide bonds. The highest BCUT2D eigenvalue weighted by atomic mass is 15.0. The van der Waals surface area contributed by atoms with Crippen molar-refractivity contribution in [1.29, 1.82) is 0 Å². The lowest BCUT2D eigenvalue weighted by molar-refractivity contribution is 1.18. The Morgan fingerprint density at radius 1 is 0.667 bits per heavy atom. The van der Waals surface area contributed by atoms with Gasteiger partial charge < -0.3 is 16.0 Å². The van der Waals surface area contributed by atoms with Gasteiger partial charge in [0.15, 0.2) is 0 Å². The van der Waals surface area contributed by atoms with Crippen molar-refractivity contribution in [3.63, 3.8) is 0 Å². The third-order valence-corrected chi connectivity index (χ3v) is 3.92. The molecule has 0 unspecified atom stereocenters. The minimum absolute atomic E-state index is 0.613. The van der Waals surface area contributed by atoms with Gasteiger partial charge >= 0.3 is 0 Å². The van der Waals surface area contributed by atoms with Gasteiger partial charge in [-0.25, -0.2) is 0 Å². The van der Waals surface area contributed by atoms with Crippen LogP contribution in [0.1, 0.15) is 0 Å². The quantitative estimate of drug-likeness (QED) is 0.516. The molecule has 0 aliphatic carbocycles. The van der Waals surface area contributed by atoms with Crippen molar-refractivity contribution in [2.24, 2.45) is 0 Å². The fraction of sp³-hybridized carbons (Fsp3) is 0. The summed E-state index contributed by atoms with van der Waals surface area (Å²) >= 11 is 0. The van der Waals surface area contributed by atoms with E-state index in [-0.39, 0.29) is 0 Å². The van der Waals surface area contributed by atoms with Crippen LogP contribution in [0, 0.1) is 0 Å². The SMILES string of the molecule is Nc1ccc2c3ccccc3n(-c3ccccc3)c2c1N. The maximum atomic E-state index is 6.27. The van der Waals surface area contributed by atoms with E-state index >= 15 is 0 Å². The fourth-order valence-electron chi connectivity index (χ4n) is 2.94. The van der Waals surface area contributed by atoms with Crippen molar-refractivity contribution in [3.05, 3.63) is 66.7 Å². The molecule has 21 heavy (non-hydrogen) atoms. The van der Waals surface area contributed by atoms with Crippen LogP contribution in [0.15, 0.2) is 66.7 Å². The Morgan fingerprint density at radius 2 is 1.38 bits per heavy atom. The lowest BCUT2D eigenvalue weighted by Crippen LogP contribution is -2.00. The Kier molecular flexibility index (Phi) is 2.42. The van der Waals surface area contributed by atoms with Crippen LogP contribution in [0.25, 0.3) is 27.5 Å². The van der Waals surface area contributed by atoms with E-state index < -0.39 is 0 Å². The van der Waals surface area contributed by atoms with Gasteiger partial charge in [-0.15, -0.1) is 0 Å². The molecule has 0 saturated heterocycles. The van der Waals surface area contributed by atoms with E-state index in [4.69, 9.17) is 11.5 Å². The number of nitrogens with two attached hydrogens (primary N) is 2.